The number of rotatable bonds is 12. The fraction of sp³-hybridized carbons (Fsp3) is 0.452. The molecule has 3 amide bonds. The summed E-state index contributed by atoms with van der Waals surface area (Å²) in [5.41, 5.74) is 2.96. The van der Waals surface area contributed by atoms with Crippen LogP contribution in [0, 0.1) is 13.8 Å². The Hall–Kier alpha value is -3.61. The average molecular weight is 522 g/mol. The number of ether oxygens (including phenoxy) is 1. The summed E-state index contributed by atoms with van der Waals surface area (Å²) in [5, 5.41) is 5.75. The van der Waals surface area contributed by atoms with Gasteiger partial charge in [0, 0.05) is 19.5 Å². The highest BCUT2D eigenvalue weighted by Gasteiger charge is 2.36. The number of amides is 3. The van der Waals surface area contributed by atoms with Crippen molar-refractivity contribution in [3.05, 3.63) is 83.4 Å². The van der Waals surface area contributed by atoms with Crippen LogP contribution in [0.5, 0.6) is 0 Å². The molecule has 2 aromatic rings. The summed E-state index contributed by atoms with van der Waals surface area (Å²) in [7, 11) is 0. The molecule has 206 valence electrons. The van der Waals surface area contributed by atoms with E-state index in [9.17, 15) is 14.4 Å². The van der Waals surface area contributed by atoms with E-state index in [1.165, 1.54) is 4.90 Å². The highest BCUT2D eigenvalue weighted by Crippen LogP contribution is 2.25. The van der Waals surface area contributed by atoms with Crippen molar-refractivity contribution in [2.45, 2.75) is 78.5 Å². The molecule has 7 heteroatoms. The van der Waals surface area contributed by atoms with Crippen LogP contribution >= 0.6 is 0 Å². The summed E-state index contributed by atoms with van der Waals surface area (Å²) in [4.78, 5) is 42.0. The van der Waals surface area contributed by atoms with Crippen LogP contribution in [-0.2, 0) is 20.7 Å². The van der Waals surface area contributed by atoms with Crippen LogP contribution in [0.25, 0.3) is 0 Å². The minimum absolute atomic E-state index is 0.124. The lowest BCUT2D eigenvalue weighted by molar-refractivity contribution is -0.141. The van der Waals surface area contributed by atoms with Gasteiger partial charge in [0.1, 0.15) is 17.7 Å². The van der Waals surface area contributed by atoms with Crippen LogP contribution in [0.1, 0.15) is 68.8 Å². The molecule has 38 heavy (non-hydrogen) atoms. The molecular formula is C31H43N3O4. The number of hydrogen-bond donors (Lipinski definition) is 2. The first-order valence-electron chi connectivity index (χ1n) is 13.3. The van der Waals surface area contributed by atoms with Crippen LogP contribution in [-0.4, -0.2) is 47.5 Å². The molecule has 0 aromatic heterocycles. The standard InChI is InChI=1S/C31H43N3O4/c1-8-10-18-32-28(35)27(25-17-16-22(3)23(4)20-25)34(19-9-2)29(36)26(21-24-14-12-11-13-15-24)33-30(37)38-31(5,6)7/h9,11-17,20,26-27H,2,8,10,18-19,21H2,1,3-7H3,(H,32,35)(H,33,37). The predicted molar refractivity (Wildman–Crippen MR) is 152 cm³/mol. The van der Waals surface area contributed by atoms with Gasteiger partial charge in [-0.15, -0.1) is 6.58 Å². The third kappa shape index (κ3) is 9.36. The maximum atomic E-state index is 14.2. The Labute approximate surface area is 227 Å². The lowest BCUT2D eigenvalue weighted by atomic mass is 9.97. The van der Waals surface area contributed by atoms with E-state index in [-0.39, 0.29) is 18.9 Å². The minimum Gasteiger partial charge on any atom is -0.444 e. The average Bonchev–Trinajstić information content (AvgIpc) is 2.84. The van der Waals surface area contributed by atoms with E-state index in [1.807, 2.05) is 62.4 Å². The first-order chi connectivity index (χ1) is 18.0. The van der Waals surface area contributed by atoms with Gasteiger partial charge in [0.25, 0.3) is 0 Å². The zero-order valence-corrected chi connectivity index (χ0v) is 23.7. The summed E-state index contributed by atoms with van der Waals surface area (Å²) in [6, 6.07) is 13.4. The Balaban J connectivity index is 2.51. The van der Waals surface area contributed by atoms with Crippen molar-refractivity contribution in [2.75, 3.05) is 13.1 Å². The molecule has 7 nitrogen and oxygen atoms in total. The number of aryl methyl sites for hydroxylation is 2. The van der Waals surface area contributed by atoms with E-state index in [1.54, 1.807) is 26.8 Å². The van der Waals surface area contributed by atoms with Crippen molar-refractivity contribution in [1.82, 2.24) is 15.5 Å². The lowest BCUT2D eigenvalue weighted by Crippen LogP contribution is -2.54. The van der Waals surface area contributed by atoms with Crippen LogP contribution < -0.4 is 10.6 Å². The molecule has 0 saturated heterocycles. The van der Waals surface area contributed by atoms with Crippen molar-refractivity contribution in [3.8, 4) is 0 Å². The number of unbranched alkanes of at least 4 members (excludes halogenated alkanes) is 1. The molecule has 0 aliphatic carbocycles. The first kappa shape index (κ1) is 30.6. The van der Waals surface area contributed by atoms with Gasteiger partial charge in [0.2, 0.25) is 11.8 Å². The molecule has 2 aromatic carbocycles. The third-order valence-electron chi connectivity index (χ3n) is 6.12. The molecule has 2 unspecified atom stereocenters. The number of hydrogen-bond acceptors (Lipinski definition) is 4. The topological polar surface area (TPSA) is 87.7 Å². The summed E-state index contributed by atoms with van der Waals surface area (Å²) in [6.07, 6.45) is 2.91. The fourth-order valence-electron chi connectivity index (χ4n) is 4.05. The van der Waals surface area contributed by atoms with E-state index >= 15 is 0 Å². The molecule has 0 spiro atoms. The van der Waals surface area contributed by atoms with Crippen molar-refractivity contribution in [2.24, 2.45) is 0 Å². The first-order valence-corrected chi connectivity index (χ1v) is 13.3. The molecule has 0 aliphatic heterocycles. The van der Waals surface area contributed by atoms with E-state index in [2.05, 4.69) is 24.1 Å². The van der Waals surface area contributed by atoms with Gasteiger partial charge in [-0.3, -0.25) is 9.59 Å². The van der Waals surface area contributed by atoms with Gasteiger partial charge in [-0.1, -0.05) is 68.0 Å². The number of nitrogens with one attached hydrogen (secondary N) is 2. The summed E-state index contributed by atoms with van der Waals surface area (Å²) in [5.74, 6) is -0.666. The van der Waals surface area contributed by atoms with Gasteiger partial charge in [0.15, 0.2) is 0 Å². The van der Waals surface area contributed by atoms with Gasteiger partial charge >= 0.3 is 6.09 Å². The second-order valence-electron chi connectivity index (χ2n) is 10.6. The van der Waals surface area contributed by atoms with Crippen molar-refractivity contribution in [1.29, 1.82) is 0 Å². The highest BCUT2D eigenvalue weighted by molar-refractivity contribution is 5.92. The fourth-order valence-corrected chi connectivity index (χ4v) is 4.05. The number of carbonyl (C=O) groups excluding carboxylic acids is 3. The lowest BCUT2D eigenvalue weighted by Gasteiger charge is -2.34. The van der Waals surface area contributed by atoms with Crippen LogP contribution in [0.4, 0.5) is 4.79 Å². The molecule has 0 saturated carbocycles. The zero-order valence-electron chi connectivity index (χ0n) is 23.7. The summed E-state index contributed by atoms with van der Waals surface area (Å²) in [6.45, 7) is 15.8. The smallest absolute Gasteiger partial charge is 0.408 e. The Morgan fingerprint density at radius 2 is 1.74 bits per heavy atom. The predicted octanol–water partition coefficient (Wildman–Crippen LogP) is 5.41. The Bertz CT molecular complexity index is 1090. The molecule has 2 rings (SSSR count). The maximum Gasteiger partial charge on any atom is 0.408 e. The molecule has 0 heterocycles. The SMILES string of the molecule is C=CCN(C(=O)C(Cc1ccccc1)NC(=O)OC(C)(C)C)C(C(=O)NCCCC)c1ccc(C)c(C)c1. The van der Waals surface area contributed by atoms with Gasteiger partial charge in [-0.2, -0.15) is 0 Å². The Morgan fingerprint density at radius 1 is 1.05 bits per heavy atom. The molecule has 0 radical (unpaired) electrons. The van der Waals surface area contributed by atoms with E-state index < -0.39 is 29.7 Å². The third-order valence-corrected chi connectivity index (χ3v) is 6.12. The summed E-state index contributed by atoms with van der Waals surface area (Å²) < 4.78 is 5.46. The zero-order chi connectivity index (χ0) is 28.3. The van der Waals surface area contributed by atoms with Gasteiger partial charge in [-0.25, -0.2) is 4.79 Å². The normalized spacial score (nSPS) is 12.7. The minimum atomic E-state index is -0.954. The summed E-state index contributed by atoms with van der Waals surface area (Å²) >= 11 is 0. The number of carbonyl (C=O) groups is 3. The van der Waals surface area contributed by atoms with Crippen molar-refractivity contribution >= 4 is 17.9 Å². The molecule has 2 N–H and O–H groups in total. The number of benzene rings is 2. The van der Waals surface area contributed by atoms with Crippen LogP contribution in [0.3, 0.4) is 0 Å². The Morgan fingerprint density at radius 3 is 2.32 bits per heavy atom. The van der Waals surface area contributed by atoms with E-state index in [4.69, 9.17) is 4.74 Å². The molecule has 2 atom stereocenters. The number of alkyl carbamates (subject to hydrolysis) is 1. The van der Waals surface area contributed by atoms with Crippen molar-refractivity contribution < 1.29 is 19.1 Å². The maximum absolute atomic E-state index is 14.2. The van der Waals surface area contributed by atoms with Gasteiger partial charge in [0.05, 0.1) is 0 Å². The second-order valence-corrected chi connectivity index (χ2v) is 10.6. The molecule has 0 aliphatic rings. The van der Waals surface area contributed by atoms with E-state index in [0.717, 1.165) is 29.5 Å². The molecular weight excluding hydrogens is 478 g/mol. The van der Waals surface area contributed by atoms with Crippen LogP contribution in [0.15, 0.2) is 61.2 Å². The van der Waals surface area contributed by atoms with Crippen molar-refractivity contribution in [3.63, 3.8) is 0 Å². The monoisotopic (exact) mass is 521 g/mol. The van der Waals surface area contributed by atoms with E-state index in [0.29, 0.717) is 12.1 Å². The highest BCUT2D eigenvalue weighted by atomic mass is 16.6. The van der Waals surface area contributed by atoms with Gasteiger partial charge < -0.3 is 20.3 Å². The Kier molecular flexibility index (Phi) is 11.6. The number of nitrogens with zero attached hydrogens (tertiary/aromatic N) is 1. The second kappa shape index (κ2) is 14.4. The quantitative estimate of drug-likeness (QED) is 0.289. The molecule has 0 bridgehead atoms. The largest absolute Gasteiger partial charge is 0.444 e. The van der Waals surface area contributed by atoms with Crippen LogP contribution in [0.2, 0.25) is 0 Å². The molecule has 0 fully saturated rings. The van der Waals surface area contributed by atoms with Gasteiger partial charge in [-0.05, 0) is 63.3 Å².